The molecule has 0 aromatic heterocycles. The van der Waals surface area contributed by atoms with Gasteiger partial charge in [0.1, 0.15) is 5.78 Å². The van der Waals surface area contributed by atoms with Crippen LogP contribution in [0.5, 0.6) is 0 Å². The van der Waals surface area contributed by atoms with Crippen molar-refractivity contribution in [1.82, 2.24) is 0 Å². The number of Topliss-reactive ketones (excluding diaryl/α,β-unsaturated/α-hetero) is 1. The SMILES string of the molecule is CCC(C)C(=O)[C@H](CC1CCCC1)c1ccc(S(C)(=O)=O)c(Cl)c1. The van der Waals surface area contributed by atoms with Crippen LogP contribution < -0.4 is 0 Å². The Hall–Kier alpha value is -0.870. The lowest BCUT2D eigenvalue weighted by molar-refractivity contribution is -0.124. The summed E-state index contributed by atoms with van der Waals surface area (Å²) in [7, 11) is -3.36. The zero-order chi connectivity index (χ0) is 17.9. The molecule has 1 aromatic carbocycles. The zero-order valence-corrected chi connectivity index (χ0v) is 16.3. The predicted octanol–water partition coefficient (Wildman–Crippen LogP) is 5.02. The number of hydrogen-bond acceptors (Lipinski definition) is 3. The fourth-order valence-corrected chi connectivity index (χ4v) is 4.91. The van der Waals surface area contributed by atoms with Gasteiger partial charge in [0.05, 0.1) is 9.92 Å². The summed E-state index contributed by atoms with van der Waals surface area (Å²) in [6.45, 7) is 3.99. The lowest BCUT2D eigenvalue weighted by atomic mass is 9.80. The van der Waals surface area contributed by atoms with Gasteiger partial charge >= 0.3 is 0 Å². The summed E-state index contributed by atoms with van der Waals surface area (Å²) >= 11 is 6.20. The summed E-state index contributed by atoms with van der Waals surface area (Å²) in [6.07, 6.45) is 7.64. The van der Waals surface area contributed by atoms with Crippen LogP contribution in [0, 0.1) is 11.8 Å². The first kappa shape index (κ1) is 19.5. The molecule has 1 aromatic rings. The number of hydrogen-bond donors (Lipinski definition) is 0. The van der Waals surface area contributed by atoms with Crippen molar-refractivity contribution in [3.8, 4) is 0 Å². The third kappa shape index (κ3) is 4.60. The molecule has 1 fully saturated rings. The Labute approximate surface area is 150 Å². The molecular weight excluding hydrogens is 344 g/mol. The Kier molecular flexibility index (Phi) is 6.49. The lowest BCUT2D eigenvalue weighted by Gasteiger charge is -2.23. The normalized spacial score (nSPS) is 18.5. The summed E-state index contributed by atoms with van der Waals surface area (Å²) < 4.78 is 23.5. The number of rotatable bonds is 7. The molecule has 1 unspecified atom stereocenters. The Morgan fingerprint density at radius 2 is 1.92 bits per heavy atom. The van der Waals surface area contributed by atoms with Gasteiger partial charge < -0.3 is 0 Å². The van der Waals surface area contributed by atoms with Gasteiger partial charge in [-0.25, -0.2) is 8.42 Å². The molecule has 0 amide bonds. The molecule has 5 heteroatoms. The third-order valence-corrected chi connectivity index (χ3v) is 6.82. The zero-order valence-electron chi connectivity index (χ0n) is 14.7. The molecule has 0 bridgehead atoms. The third-order valence-electron chi connectivity index (χ3n) is 5.24. The number of halogens is 1. The molecule has 0 saturated heterocycles. The van der Waals surface area contributed by atoms with Gasteiger partial charge in [-0.3, -0.25) is 4.79 Å². The number of carbonyl (C=O) groups excluding carboxylic acids is 1. The molecule has 0 N–H and O–H groups in total. The molecule has 2 rings (SSSR count). The first-order chi connectivity index (χ1) is 11.2. The van der Waals surface area contributed by atoms with E-state index in [2.05, 4.69) is 0 Å². The fourth-order valence-electron chi connectivity index (χ4n) is 3.58. The molecule has 134 valence electrons. The van der Waals surface area contributed by atoms with Crippen LogP contribution in [0.4, 0.5) is 0 Å². The summed E-state index contributed by atoms with van der Waals surface area (Å²) in [6, 6.07) is 4.98. The minimum Gasteiger partial charge on any atom is -0.299 e. The molecule has 0 heterocycles. The quantitative estimate of drug-likeness (QED) is 0.676. The van der Waals surface area contributed by atoms with E-state index in [1.165, 1.54) is 25.7 Å². The molecule has 2 atom stereocenters. The van der Waals surface area contributed by atoms with Crippen LogP contribution in [0.2, 0.25) is 5.02 Å². The van der Waals surface area contributed by atoms with E-state index < -0.39 is 9.84 Å². The minimum atomic E-state index is -3.36. The van der Waals surface area contributed by atoms with Crippen molar-refractivity contribution in [2.75, 3.05) is 6.26 Å². The van der Waals surface area contributed by atoms with E-state index >= 15 is 0 Å². The van der Waals surface area contributed by atoms with Crippen LogP contribution in [-0.4, -0.2) is 20.5 Å². The smallest absolute Gasteiger partial charge is 0.176 e. The highest BCUT2D eigenvalue weighted by atomic mass is 35.5. The van der Waals surface area contributed by atoms with E-state index in [-0.39, 0.29) is 27.5 Å². The van der Waals surface area contributed by atoms with E-state index in [0.717, 1.165) is 24.7 Å². The molecule has 1 aliphatic carbocycles. The molecule has 3 nitrogen and oxygen atoms in total. The van der Waals surface area contributed by atoms with Gasteiger partial charge in [-0.2, -0.15) is 0 Å². The molecule has 0 aliphatic heterocycles. The van der Waals surface area contributed by atoms with Gasteiger partial charge in [0, 0.05) is 18.1 Å². The van der Waals surface area contributed by atoms with Crippen LogP contribution in [0.3, 0.4) is 0 Å². The number of sulfone groups is 1. The van der Waals surface area contributed by atoms with Gasteiger partial charge in [0.25, 0.3) is 0 Å². The molecule has 1 saturated carbocycles. The molecule has 24 heavy (non-hydrogen) atoms. The topological polar surface area (TPSA) is 51.2 Å². The number of benzene rings is 1. The van der Waals surface area contributed by atoms with Crippen LogP contribution in [0.15, 0.2) is 23.1 Å². The van der Waals surface area contributed by atoms with Crippen LogP contribution in [0.25, 0.3) is 0 Å². The Morgan fingerprint density at radius 3 is 2.42 bits per heavy atom. The van der Waals surface area contributed by atoms with E-state index in [1.807, 2.05) is 13.8 Å². The van der Waals surface area contributed by atoms with Crippen molar-refractivity contribution in [1.29, 1.82) is 0 Å². The van der Waals surface area contributed by atoms with Gasteiger partial charge in [-0.15, -0.1) is 0 Å². The number of carbonyl (C=O) groups is 1. The lowest BCUT2D eigenvalue weighted by Crippen LogP contribution is -2.22. The first-order valence-electron chi connectivity index (χ1n) is 8.77. The highest BCUT2D eigenvalue weighted by Gasteiger charge is 2.29. The second-order valence-electron chi connectivity index (χ2n) is 7.11. The van der Waals surface area contributed by atoms with Crippen molar-refractivity contribution < 1.29 is 13.2 Å². The van der Waals surface area contributed by atoms with Crippen molar-refractivity contribution in [2.24, 2.45) is 11.8 Å². The average Bonchev–Trinajstić information content (AvgIpc) is 3.03. The maximum absolute atomic E-state index is 12.9. The van der Waals surface area contributed by atoms with E-state index in [0.29, 0.717) is 5.92 Å². The van der Waals surface area contributed by atoms with Crippen LogP contribution >= 0.6 is 11.6 Å². The van der Waals surface area contributed by atoms with Crippen molar-refractivity contribution in [2.45, 2.75) is 63.2 Å². The predicted molar refractivity (Wildman–Crippen MR) is 98.3 cm³/mol. The van der Waals surface area contributed by atoms with E-state index in [1.54, 1.807) is 18.2 Å². The highest BCUT2D eigenvalue weighted by Crippen LogP contribution is 2.37. The van der Waals surface area contributed by atoms with Gasteiger partial charge in [-0.05, 0) is 36.5 Å². The average molecular weight is 371 g/mol. The summed E-state index contributed by atoms with van der Waals surface area (Å²) in [4.78, 5) is 13.0. The number of ketones is 1. The van der Waals surface area contributed by atoms with Crippen LogP contribution in [0.1, 0.15) is 63.9 Å². The molecule has 0 radical (unpaired) electrons. The molecular formula is C19H27ClO3S. The Bertz CT molecular complexity index is 691. The Morgan fingerprint density at radius 1 is 1.29 bits per heavy atom. The van der Waals surface area contributed by atoms with E-state index in [4.69, 9.17) is 11.6 Å². The second-order valence-corrected chi connectivity index (χ2v) is 9.50. The van der Waals surface area contributed by atoms with Crippen molar-refractivity contribution >= 4 is 27.2 Å². The first-order valence-corrected chi connectivity index (χ1v) is 11.0. The van der Waals surface area contributed by atoms with Gasteiger partial charge in [-0.1, -0.05) is 57.2 Å². The maximum Gasteiger partial charge on any atom is 0.176 e. The van der Waals surface area contributed by atoms with Gasteiger partial charge in [0.15, 0.2) is 9.84 Å². The summed E-state index contributed by atoms with van der Waals surface area (Å²) in [5, 5.41) is 0.211. The molecule has 0 spiro atoms. The largest absolute Gasteiger partial charge is 0.299 e. The highest BCUT2D eigenvalue weighted by molar-refractivity contribution is 7.90. The monoisotopic (exact) mass is 370 g/mol. The fraction of sp³-hybridized carbons (Fsp3) is 0.632. The summed E-state index contributed by atoms with van der Waals surface area (Å²) in [5.41, 5.74) is 0.851. The van der Waals surface area contributed by atoms with Crippen molar-refractivity contribution in [3.05, 3.63) is 28.8 Å². The standard InChI is InChI=1S/C19H27ClO3S/c1-4-13(2)19(21)16(11-14-7-5-6-8-14)15-9-10-18(17(20)12-15)24(3,22)23/h9-10,12-14,16H,4-8,11H2,1-3H3/t13?,16-/m1/s1. The molecule has 1 aliphatic rings. The van der Waals surface area contributed by atoms with E-state index in [9.17, 15) is 13.2 Å². The van der Waals surface area contributed by atoms with Crippen molar-refractivity contribution in [3.63, 3.8) is 0 Å². The second kappa shape index (κ2) is 8.01. The van der Waals surface area contributed by atoms with Crippen LogP contribution in [-0.2, 0) is 14.6 Å². The Balaban J connectivity index is 2.35. The summed E-state index contributed by atoms with van der Waals surface area (Å²) in [5.74, 6) is 0.642. The van der Waals surface area contributed by atoms with Gasteiger partial charge in [0.2, 0.25) is 0 Å². The maximum atomic E-state index is 12.9. The minimum absolute atomic E-state index is 0.00441.